The molecule has 0 aromatic carbocycles. The first-order chi connectivity index (χ1) is 8.88. The maximum Gasteiger partial charge on any atom is 0.257 e. The Morgan fingerprint density at radius 3 is 2.53 bits per heavy atom. The molecule has 1 atom stereocenters. The van der Waals surface area contributed by atoms with Crippen molar-refractivity contribution in [2.24, 2.45) is 7.05 Å². The number of alkyl halides is 2. The highest BCUT2D eigenvalue weighted by Crippen LogP contribution is 2.29. The highest BCUT2D eigenvalue weighted by atomic mass is 79.9. The monoisotopic (exact) mass is 334 g/mol. The van der Waals surface area contributed by atoms with Crippen LogP contribution in [0.15, 0.2) is 17.0 Å². The summed E-state index contributed by atoms with van der Waals surface area (Å²) >= 11 is 3.25. The summed E-state index contributed by atoms with van der Waals surface area (Å²) < 4.78 is 27.8. The van der Waals surface area contributed by atoms with Crippen LogP contribution in [0.1, 0.15) is 22.9 Å². The van der Waals surface area contributed by atoms with Crippen LogP contribution in [0.25, 0.3) is 0 Å². The zero-order valence-corrected chi connectivity index (χ0v) is 12.0. The van der Waals surface area contributed by atoms with Crippen molar-refractivity contribution in [1.29, 1.82) is 0 Å². The molecule has 19 heavy (non-hydrogen) atoms. The first kappa shape index (κ1) is 14.1. The third kappa shape index (κ3) is 3.01. The maximum atomic E-state index is 12.3. The zero-order valence-electron chi connectivity index (χ0n) is 10.4. The Hall–Kier alpha value is -1.28. The van der Waals surface area contributed by atoms with Gasteiger partial charge in [0.2, 0.25) is 0 Å². The number of aryl methyl sites for hydroxylation is 2. The highest BCUT2D eigenvalue weighted by Gasteiger charge is 2.21. The second kappa shape index (κ2) is 5.38. The molecule has 2 heterocycles. The summed E-state index contributed by atoms with van der Waals surface area (Å²) in [6.07, 6.45) is -0.325. The van der Waals surface area contributed by atoms with E-state index in [1.165, 1.54) is 6.20 Å². The molecule has 0 saturated heterocycles. The van der Waals surface area contributed by atoms with Gasteiger partial charge in [0.25, 0.3) is 6.43 Å². The van der Waals surface area contributed by atoms with Crippen molar-refractivity contribution < 1.29 is 13.9 Å². The predicted octanol–water partition coefficient (Wildman–Crippen LogP) is 2.03. The van der Waals surface area contributed by atoms with Crippen LogP contribution in [-0.2, 0) is 13.6 Å². The van der Waals surface area contributed by atoms with Crippen LogP contribution < -0.4 is 0 Å². The van der Waals surface area contributed by atoms with E-state index in [2.05, 4.69) is 26.1 Å². The Bertz CT molecular complexity index is 581. The summed E-state index contributed by atoms with van der Waals surface area (Å²) in [5.74, 6) is 0. The summed E-state index contributed by atoms with van der Waals surface area (Å²) in [7, 11) is 1.73. The van der Waals surface area contributed by atoms with Crippen molar-refractivity contribution in [3.8, 4) is 0 Å². The lowest BCUT2D eigenvalue weighted by Gasteiger charge is -2.07. The molecule has 0 radical (unpaired) electrons. The number of nitrogens with zero attached hydrogens (tertiary/aromatic N) is 4. The van der Waals surface area contributed by atoms with Gasteiger partial charge in [0.05, 0.1) is 5.69 Å². The predicted molar refractivity (Wildman–Crippen MR) is 67.9 cm³/mol. The van der Waals surface area contributed by atoms with E-state index in [4.69, 9.17) is 0 Å². The molecule has 1 unspecified atom stereocenters. The van der Waals surface area contributed by atoms with Gasteiger partial charge in [0.1, 0.15) is 17.3 Å². The van der Waals surface area contributed by atoms with Crippen molar-refractivity contribution in [1.82, 2.24) is 19.6 Å². The van der Waals surface area contributed by atoms with Crippen molar-refractivity contribution in [3.05, 3.63) is 33.8 Å². The Morgan fingerprint density at radius 2 is 2.00 bits per heavy atom. The summed E-state index contributed by atoms with van der Waals surface area (Å²) in [6, 6.07) is 0. The van der Waals surface area contributed by atoms with Gasteiger partial charge in [0, 0.05) is 30.6 Å². The number of hydrogen-bond acceptors (Lipinski definition) is 3. The molecule has 0 bridgehead atoms. The van der Waals surface area contributed by atoms with Crippen LogP contribution in [0.5, 0.6) is 0 Å². The number of rotatable bonds is 4. The van der Waals surface area contributed by atoms with Gasteiger partial charge in [0.15, 0.2) is 0 Å². The van der Waals surface area contributed by atoms with Crippen LogP contribution in [-0.4, -0.2) is 31.1 Å². The van der Waals surface area contributed by atoms with Crippen LogP contribution in [0, 0.1) is 6.92 Å². The minimum Gasteiger partial charge on any atom is -0.383 e. The molecule has 0 aliphatic rings. The number of aromatic nitrogens is 4. The van der Waals surface area contributed by atoms with Crippen LogP contribution >= 0.6 is 15.9 Å². The van der Waals surface area contributed by atoms with Crippen LogP contribution in [0.3, 0.4) is 0 Å². The topological polar surface area (TPSA) is 55.9 Å². The molecule has 2 aromatic heterocycles. The third-order valence-corrected chi connectivity index (χ3v) is 3.32. The van der Waals surface area contributed by atoms with E-state index in [-0.39, 0.29) is 0 Å². The molecule has 2 rings (SSSR count). The quantitative estimate of drug-likeness (QED) is 0.930. The molecule has 104 valence electrons. The molecule has 0 aliphatic heterocycles. The van der Waals surface area contributed by atoms with E-state index in [0.717, 1.165) is 4.68 Å². The minimum atomic E-state index is -2.48. The Morgan fingerprint density at radius 1 is 1.32 bits per heavy atom. The molecule has 0 fully saturated rings. The van der Waals surface area contributed by atoms with Crippen LogP contribution in [0.4, 0.5) is 8.78 Å². The van der Waals surface area contributed by atoms with E-state index < -0.39 is 19.1 Å². The lowest BCUT2D eigenvalue weighted by atomic mass is 10.1. The van der Waals surface area contributed by atoms with Gasteiger partial charge in [-0.1, -0.05) is 0 Å². The minimum absolute atomic E-state index is 0.484. The highest BCUT2D eigenvalue weighted by molar-refractivity contribution is 9.10. The van der Waals surface area contributed by atoms with Crippen molar-refractivity contribution in [3.63, 3.8) is 0 Å². The van der Waals surface area contributed by atoms with Crippen LogP contribution in [0.2, 0.25) is 0 Å². The lowest BCUT2D eigenvalue weighted by molar-refractivity contribution is 0.121. The SMILES string of the molecule is Cc1nn(CC(F)F)cc1C(O)c1cn(C)nc1Br. The normalized spacial score (nSPS) is 13.2. The average Bonchev–Trinajstić information content (AvgIpc) is 2.80. The molecule has 1 N–H and O–H groups in total. The summed E-state index contributed by atoms with van der Waals surface area (Å²) in [4.78, 5) is 0. The number of halogens is 3. The molecule has 2 aromatic rings. The standard InChI is InChI=1S/C11H13BrF2N4O/c1-6-7(4-18(15-6)5-9(13)14)10(19)8-3-17(2)16-11(8)12/h3-4,9-10,19H,5H2,1-2H3. The molecule has 0 aliphatic carbocycles. The molecule has 5 nitrogen and oxygen atoms in total. The van der Waals surface area contributed by atoms with E-state index >= 15 is 0 Å². The molecule has 0 spiro atoms. The van der Waals surface area contributed by atoms with Gasteiger partial charge in [-0.3, -0.25) is 9.36 Å². The second-order valence-electron chi connectivity index (χ2n) is 4.23. The summed E-state index contributed by atoms with van der Waals surface area (Å²) in [5.41, 5.74) is 1.58. The van der Waals surface area contributed by atoms with Gasteiger partial charge in [-0.2, -0.15) is 10.2 Å². The smallest absolute Gasteiger partial charge is 0.257 e. The third-order valence-electron chi connectivity index (χ3n) is 2.71. The van der Waals surface area contributed by atoms with Crippen molar-refractivity contribution in [2.75, 3.05) is 0 Å². The number of aliphatic hydroxyl groups is 1. The molecule has 0 saturated carbocycles. The lowest BCUT2D eigenvalue weighted by Crippen LogP contribution is -2.06. The van der Waals surface area contributed by atoms with E-state index in [9.17, 15) is 13.9 Å². The Labute approximate surface area is 117 Å². The van der Waals surface area contributed by atoms with Gasteiger partial charge in [-0.15, -0.1) is 0 Å². The van der Waals surface area contributed by atoms with Gasteiger partial charge in [-0.25, -0.2) is 8.78 Å². The fraction of sp³-hybridized carbons (Fsp3) is 0.455. The average molecular weight is 335 g/mol. The summed E-state index contributed by atoms with van der Waals surface area (Å²) in [5, 5.41) is 18.3. The van der Waals surface area contributed by atoms with Crippen molar-refractivity contribution >= 4 is 15.9 Å². The number of hydrogen-bond donors (Lipinski definition) is 1. The first-order valence-electron chi connectivity index (χ1n) is 5.57. The molecular weight excluding hydrogens is 322 g/mol. The van der Waals surface area contributed by atoms with Gasteiger partial charge >= 0.3 is 0 Å². The second-order valence-corrected chi connectivity index (χ2v) is 4.99. The summed E-state index contributed by atoms with van der Waals surface area (Å²) in [6.45, 7) is 1.19. The largest absolute Gasteiger partial charge is 0.383 e. The fourth-order valence-electron chi connectivity index (χ4n) is 1.87. The van der Waals surface area contributed by atoms with E-state index in [1.807, 2.05) is 0 Å². The molecular formula is C11H13BrF2N4O. The fourth-order valence-corrected chi connectivity index (χ4v) is 2.44. The molecule has 8 heteroatoms. The van der Waals surface area contributed by atoms with Gasteiger partial charge in [-0.05, 0) is 22.9 Å². The van der Waals surface area contributed by atoms with E-state index in [1.54, 1.807) is 24.9 Å². The Kier molecular flexibility index (Phi) is 4.00. The van der Waals surface area contributed by atoms with Gasteiger partial charge < -0.3 is 5.11 Å². The number of aliphatic hydroxyl groups excluding tert-OH is 1. The Balaban J connectivity index is 2.31. The molecule has 0 amide bonds. The van der Waals surface area contributed by atoms with Crippen molar-refractivity contribution in [2.45, 2.75) is 26.0 Å². The zero-order chi connectivity index (χ0) is 14.2. The first-order valence-corrected chi connectivity index (χ1v) is 6.37. The maximum absolute atomic E-state index is 12.3. The van der Waals surface area contributed by atoms with E-state index in [0.29, 0.717) is 21.4 Å².